The third-order valence-corrected chi connectivity index (χ3v) is 3.06. The second-order valence-corrected chi connectivity index (χ2v) is 4.82. The summed E-state index contributed by atoms with van der Waals surface area (Å²) < 4.78 is 7.50. The molecule has 7 nitrogen and oxygen atoms in total. The molecule has 20 heavy (non-hydrogen) atoms. The van der Waals surface area contributed by atoms with Crippen LogP contribution in [-0.4, -0.2) is 27.4 Å². The number of hydrazine groups is 1. The number of nitrogens with zero attached hydrogens (tertiary/aromatic N) is 3. The summed E-state index contributed by atoms with van der Waals surface area (Å²) in [4.78, 5) is 17.8. The van der Waals surface area contributed by atoms with E-state index in [0.717, 1.165) is 17.1 Å². The Morgan fingerprint density at radius 3 is 2.90 bits per heavy atom. The smallest absolute Gasteiger partial charge is 0.301 e. The summed E-state index contributed by atoms with van der Waals surface area (Å²) in [5, 5.41) is 0. The number of hydrogen-bond acceptors (Lipinski definition) is 5. The van der Waals surface area contributed by atoms with Crippen molar-refractivity contribution in [1.82, 2.24) is 19.9 Å². The van der Waals surface area contributed by atoms with Crippen molar-refractivity contribution in [2.75, 3.05) is 7.05 Å². The first kappa shape index (κ1) is 14.3. The number of furan rings is 1. The van der Waals surface area contributed by atoms with Crippen LogP contribution >= 0.6 is 0 Å². The maximum absolute atomic E-state index is 11.5. The standard InChI is InChI=1S/C13H19N5O2/c1-9-6-10(20-12(9)13(19)16-14)7-17(2)8-11-15-4-5-18(11)3/h4-6H,7-8,14H2,1-3H3,(H,16,19). The van der Waals surface area contributed by atoms with Crippen molar-refractivity contribution in [3.05, 3.63) is 41.4 Å². The number of carbonyl (C=O) groups is 1. The lowest BCUT2D eigenvalue weighted by Crippen LogP contribution is -2.30. The van der Waals surface area contributed by atoms with Crippen molar-refractivity contribution < 1.29 is 9.21 Å². The van der Waals surface area contributed by atoms with Gasteiger partial charge in [-0.25, -0.2) is 10.8 Å². The van der Waals surface area contributed by atoms with Gasteiger partial charge in [-0.2, -0.15) is 0 Å². The molecule has 0 unspecified atom stereocenters. The van der Waals surface area contributed by atoms with Gasteiger partial charge in [-0.15, -0.1) is 0 Å². The monoisotopic (exact) mass is 277 g/mol. The van der Waals surface area contributed by atoms with Crippen LogP contribution < -0.4 is 11.3 Å². The van der Waals surface area contributed by atoms with Crippen molar-refractivity contribution in [1.29, 1.82) is 0 Å². The number of aryl methyl sites for hydroxylation is 2. The van der Waals surface area contributed by atoms with Crippen molar-refractivity contribution in [2.45, 2.75) is 20.0 Å². The van der Waals surface area contributed by atoms with Crippen molar-refractivity contribution >= 4 is 5.91 Å². The topological polar surface area (TPSA) is 89.3 Å². The molecule has 7 heteroatoms. The average molecular weight is 277 g/mol. The van der Waals surface area contributed by atoms with Crippen LogP contribution in [0.5, 0.6) is 0 Å². The van der Waals surface area contributed by atoms with Crippen LogP contribution in [0.1, 0.15) is 27.7 Å². The number of hydrogen-bond donors (Lipinski definition) is 2. The Hall–Kier alpha value is -2.12. The molecule has 0 aliphatic heterocycles. The van der Waals surface area contributed by atoms with E-state index in [0.29, 0.717) is 13.1 Å². The van der Waals surface area contributed by atoms with E-state index in [2.05, 4.69) is 15.3 Å². The number of imidazole rings is 1. The van der Waals surface area contributed by atoms with Crippen molar-refractivity contribution in [3.8, 4) is 0 Å². The Labute approximate surface area is 117 Å². The normalized spacial score (nSPS) is 11.1. The highest BCUT2D eigenvalue weighted by atomic mass is 16.4. The highest BCUT2D eigenvalue weighted by Gasteiger charge is 2.16. The van der Waals surface area contributed by atoms with Gasteiger partial charge < -0.3 is 8.98 Å². The van der Waals surface area contributed by atoms with E-state index in [9.17, 15) is 4.79 Å². The van der Waals surface area contributed by atoms with E-state index in [1.54, 1.807) is 6.20 Å². The predicted molar refractivity (Wildman–Crippen MR) is 73.5 cm³/mol. The third kappa shape index (κ3) is 3.06. The minimum absolute atomic E-state index is 0.257. The number of amides is 1. The van der Waals surface area contributed by atoms with Gasteiger partial charge >= 0.3 is 5.91 Å². The van der Waals surface area contributed by atoms with E-state index in [4.69, 9.17) is 10.3 Å². The first-order valence-electron chi connectivity index (χ1n) is 6.26. The molecule has 1 amide bonds. The molecule has 0 fully saturated rings. The Morgan fingerprint density at radius 2 is 2.30 bits per heavy atom. The maximum atomic E-state index is 11.5. The number of carbonyl (C=O) groups excluding carboxylic acids is 1. The zero-order valence-corrected chi connectivity index (χ0v) is 11.9. The maximum Gasteiger partial charge on any atom is 0.301 e. The predicted octanol–water partition coefficient (Wildman–Crippen LogP) is 0.557. The van der Waals surface area contributed by atoms with Crippen LogP contribution in [0, 0.1) is 6.92 Å². The van der Waals surface area contributed by atoms with Crippen molar-refractivity contribution in [2.24, 2.45) is 12.9 Å². The molecule has 0 atom stereocenters. The Morgan fingerprint density at radius 1 is 1.55 bits per heavy atom. The fraction of sp³-hybridized carbons (Fsp3) is 0.385. The van der Waals surface area contributed by atoms with Gasteiger partial charge in [-0.05, 0) is 20.0 Å². The summed E-state index contributed by atoms with van der Waals surface area (Å²) in [6.45, 7) is 3.10. The molecule has 0 saturated heterocycles. The van der Waals surface area contributed by atoms with Crippen LogP contribution in [0.15, 0.2) is 22.9 Å². The van der Waals surface area contributed by atoms with Gasteiger partial charge in [0.15, 0.2) is 5.76 Å². The first-order chi connectivity index (χ1) is 9.51. The van der Waals surface area contributed by atoms with Gasteiger partial charge in [0, 0.05) is 25.0 Å². The highest BCUT2D eigenvalue weighted by Crippen LogP contribution is 2.16. The lowest BCUT2D eigenvalue weighted by atomic mass is 10.2. The zero-order valence-electron chi connectivity index (χ0n) is 11.9. The number of aromatic nitrogens is 2. The molecule has 0 bridgehead atoms. The van der Waals surface area contributed by atoms with Crippen molar-refractivity contribution in [3.63, 3.8) is 0 Å². The summed E-state index contributed by atoms with van der Waals surface area (Å²) in [7, 11) is 3.92. The molecule has 2 aromatic heterocycles. The molecule has 2 rings (SSSR count). The molecule has 0 aliphatic carbocycles. The van der Waals surface area contributed by atoms with Crippen LogP contribution in [0.25, 0.3) is 0 Å². The van der Waals surface area contributed by atoms with Crippen LogP contribution in [0.4, 0.5) is 0 Å². The Kier molecular flexibility index (Phi) is 4.21. The zero-order chi connectivity index (χ0) is 14.7. The fourth-order valence-corrected chi connectivity index (χ4v) is 2.03. The summed E-state index contributed by atoms with van der Waals surface area (Å²) >= 11 is 0. The second kappa shape index (κ2) is 5.89. The lowest BCUT2D eigenvalue weighted by molar-refractivity contribution is 0.0921. The van der Waals surface area contributed by atoms with Gasteiger partial charge in [0.05, 0.1) is 13.1 Å². The van der Waals surface area contributed by atoms with E-state index < -0.39 is 5.91 Å². The number of nitrogens with two attached hydrogens (primary N) is 1. The average Bonchev–Trinajstić information content (AvgIpc) is 2.95. The van der Waals surface area contributed by atoms with E-state index in [1.165, 1.54) is 0 Å². The molecular formula is C13H19N5O2. The van der Waals surface area contributed by atoms with Gasteiger partial charge in [0.2, 0.25) is 0 Å². The second-order valence-electron chi connectivity index (χ2n) is 4.82. The molecule has 3 N–H and O–H groups in total. The molecule has 2 aromatic rings. The van der Waals surface area contributed by atoms with Gasteiger partial charge in [0.1, 0.15) is 11.6 Å². The first-order valence-corrected chi connectivity index (χ1v) is 6.26. The summed E-state index contributed by atoms with van der Waals surface area (Å²) in [6.07, 6.45) is 3.67. The SMILES string of the molecule is Cc1cc(CN(C)Cc2nccn2C)oc1C(=O)NN. The van der Waals surface area contributed by atoms with Crippen LogP contribution in [-0.2, 0) is 20.1 Å². The van der Waals surface area contributed by atoms with Gasteiger partial charge in [-0.1, -0.05) is 0 Å². The number of nitrogen functional groups attached to an aromatic ring is 1. The molecular weight excluding hydrogens is 258 g/mol. The summed E-state index contributed by atoms with van der Waals surface area (Å²) in [5.74, 6) is 6.64. The third-order valence-electron chi connectivity index (χ3n) is 3.06. The van der Waals surface area contributed by atoms with Gasteiger partial charge in [0.25, 0.3) is 0 Å². The minimum Gasteiger partial charge on any atom is -0.454 e. The Balaban J connectivity index is 2.03. The molecule has 0 radical (unpaired) electrons. The molecule has 0 spiro atoms. The number of rotatable bonds is 5. The van der Waals surface area contributed by atoms with Crippen LogP contribution in [0.2, 0.25) is 0 Å². The highest BCUT2D eigenvalue weighted by molar-refractivity contribution is 5.92. The molecule has 0 saturated carbocycles. The largest absolute Gasteiger partial charge is 0.454 e. The minimum atomic E-state index is -0.416. The Bertz CT molecular complexity index is 602. The fourth-order valence-electron chi connectivity index (χ4n) is 2.03. The molecule has 0 aromatic carbocycles. The van der Waals surface area contributed by atoms with E-state index in [1.807, 2.05) is 37.8 Å². The molecule has 2 heterocycles. The summed E-state index contributed by atoms with van der Waals surface area (Å²) in [6, 6.07) is 1.85. The van der Waals surface area contributed by atoms with E-state index in [-0.39, 0.29) is 5.76 Å². The van der Waals surface area contributed by atoms with Crippen LogP contribution in [0.3, 0.4) is 0 Å². The summed E-state index contributed by atoms with van der Waals surface area (Å²) in [5.41, 5.74) is 2.84. The van der Waals surface area contributed by atoms with E-state index >= 15 is 0 Å². The van der Waals surface area contributed by atoms with Gasteiger partial charge in [-0.3, -0.25) is 15.1 Å². The molecule has 0 aliphatic rings. The quantitative estimate of drug-likeness (QED) is 0.473. The molecule has 108 valence electrons. The number of nitrogens with one attached hydrogen (secondary N) is 1. The lowest BCUT2D eigenvalue weighted by Gasteiger charge is -2.14.